The van der Waals surface area contributed by atoms with Gasteiger partial charge in [0.1, 0.15) is 12.6 Å². The SMILES string of the molecule is C[C@@H](C(=O)O)N(C)C(=O)c1ccc(Cl)c(NC(=O)OCC2c3ccccc3-c3ccccc32)c1. The number of nitrogens with one attached hydrogen (secondary N) is 1. The Kier molecular flexibility index (Phi) is 6.56. The second kappa shape index (κ2) is 9.57. The molecule has 0 saturated heterocycles. The lowest BCUT2D eigenvalue weighted by Crippen LogP contribution is -2.40. The van der Waals surface area contributed by atoms with Gasteiger partial charge in [0.25, 0.3) is 5.91 Å². The summed E-state index contributed by atoms with van der Waals surface area (Å²) in [4.78, 5) is 37.5. The molecule has 0 spiro atoms. The van der Waals surface area contributed by atoms with E-state index in [0.29, 0.717) is 0 Å². The van der Waals surface area contributed by atoms with E-state index in [9.17, 15) is 14.4 Å². The molecule has 0 unspecified atom stereocenters. The monoisotopic (exact) mass is 478 g/mol. The van der Waals surface area contributed by atoms with Gasteiger partial charge in [0.05, 0.1) is 10.7 Å². The molecule has 1 aliphatic carbocycles. The molecule has 3 aromatic rings. The maximum Gasteiger partial charge on any atom is 0.411 e. The Morgan fingerprint density at radius 1 is 1.03 bits per heavy atom. The number of carboxylic acids is 1. The van der Waals surface area contributed by atoms with Gasteiger partial charge in [-0.1, -0.05) is 60.1 Å². The Hall–Kier alpha value is -3.84. The van der Waals surface area contributed by atoms with Crippen molar-refractivity contribution in [3.63, 3.8) is 0 Å². The van der Waals surface area contributed by atoms with Crippen LogP contribution in [-0.2, 0) is 9.53 Å². The third-order valence-electron chi connectivity index (χ3n) is 6.05. The average Bonchev–Trinajstić information content (AvgIpc) is 3.16. The summed E-state index contributed by atoms with van der Waals surface area (Å²) in [6.45, 7) is 1.54. The van der Waals surface area contributed by atoms with E-state index in [2.05, 4.69) is 17.4 Å². The largest absolute Gasteiger partial charge is 0.480 e. The molecule has 2 N–H and O–H groups in total. The summed E-state index contributed by atoms with van der Waals surface area (Å²) in [6, 6.07) is 19.4. The molecular weight excluding hydrogens is 456 g/mol. The summed E-state index contributed by atoms with van der Waals surface area (Å²) in [5.41, 5.74) is 4.83. The minimum atomic E-state index is -1.12. The minimum Gasteiger partial charge on any atom is -0.480 e. The van der Waals surface area contributed by atoms with Crippen LogP contribution in [0.4, 0.5) is 10.5 Å². The van der Waals surface area contributed by atoms with Gasteiger partial charge in [0.15, 0.2) is 0 Å². The molecule has 0 saturated carbocycles. The van der Waals surface area contributed by atoms with Crippen LogP contribution in [0.15, 0.2) is 66.7 Å². The summed E-state index contributed by atoms with van der Waals surface area (Å²) in [5, 5.41) is 12.0. The number of ether oxygens (including phenoxy) is 1. The van der Waals surface area contributed by atoms with Crippen molar-refractivity contribution in [2.24, 2.45) is 0 Å². The third kappa shape index (κ3) is 4.47. The van der Waals surface area contributed by atoms with Crippen molar-refractivity contribution < 1.29 is 24.2 Å². The highest BCUT2D eigenvalue weighted by Crippen LogP contribution is 2.44. The molecule has 0 fully saturated rings. The number of amides is 2. The molecule has 1 aliphatic rings. The zero-order valence-electron chi connectivity index (χ0n) is 18.6. The fourth-order valence-corrected chi connectivity index (χ4v) is 4.21. The van der Waals surface area contributed by atoms with E-state index in [0.717, 1.165) is 27.2 Å². The lowest BCUT2D eigenvalue weighted by atomic mass is 9.98. The molecule has 0 aromatic heterocycles. The molecule has 0 heterocycles. The van der Waals surface area contributed by atoms with Gasteiger partial charge >= 0.3 is 12.1 Å². The summed E-state index contributed by atoms with van der Waals surface area (Å²) >= 11 is 6.21. The predicted octanol–water partition coefficient (Wildman–Crippen LogP) is 5.25. The number of likely N-dealkylation sites (N-methyl/N-ethyl adjacent to an activating group) is 1. The van der Waals surface area contributed by atoms with Crippen molar-refractivity contribution in [1.82, 2.24) is 4.90 Å². The zero-order valence-corrected chi connectivity index (χ0v) is 19.4. The van der Waals surface area contributed by atoms with Gasteiger partial charge < -0.3 is 14.7 Å². The molecule has 4 rings (SSSR count). The lowest BCUT2D eigenvalue weighted by Gasteiger charge is -2.22. The standard InChI is InChI=1S/C26H23ClN2O5/c1-15(25(31)32)29(2)24(30)16-11-12-22(27)23(13-16)28-26(33)34-14-21-19-9-5-3-7-17(19)18-8-4-6-10-20(18)21/h3-13,15,21H,14H2,1-2H3,(H,28,33)(H,31,32)/t15-/m0/s1. The van der Waals surface area contributed by atoms with E-state index in [1.54, 1.807) is 0 Å². The molecule has 174 valence electrons. The topological polar surface area (TPSA) is 95.9 Å². The maximum absolute atomic E-state index is 12.6. The first-order chi connectivity index (χ1) is 16.3. The van der Waals surface area contributed by atoms with Crippen LogP contribution in [-0.4, -0.2) is 47.7 Å². The number of benzene rings is 3. The Bertz CT molecular complexity index is 1230. The van der Waals surface area contributed by atoms with Crippen molar-refractivity contribution in [2.75, 3.05) is 19.0 Å². The number of rotatable bonds is 6. The van der Waals surface area contributed by atoms with E-state index in [1.165, 1.54) is 32.2 Å². The number of carbonyl (C=O) groups excluding carboxylic acids is 2. The smallest absolute Gasteiger partial charge is 0.411 e. The second-order valence-corrected chi connectivity index (χ2v) is 8.48. The first-order valence-corrected chi connectivity index (χ1v) is 11.1. The summed E-state index contributed by atoms with van der Waals surface area (Å²) in [5.74, 6) is -1.73. The quantitative estimate of drug-likeness (QED) is 0.504. The fraction of sp³-hybridized carbons (Fsp3) is 0.192. The van der Waals surface area contributed by atoms with Crippen molar-refractivity contribution >= 4 is 35.3 Å². The molecule has 8 heteroatoms. The Morgan fingerprint density at radius 3 is 2.21 bits per heavy atom. The molecule has 3 aromatic carbocycles. The van der Waals surface area contributed by atoms with Gasteiger partial charge in [0.2, 0.25) is 0 Å². The molecule has 0 bridgehead atoms. The van der Waals surface area contributed by atoms with Crippen molar-refractivity contribution in [3.05, 3.63) is 88.4 Å². The normalized spacial score (nSPS) is 12.9. The molecule has 1 atom stereocenters. The number of fused-ring (bicyclic) bond motifs is 3. The highest BCUT2D eigenvalue weighted by molar-refractivity contribution is 6.33. The van der Waals surface area contributed by atoms with Crippen molar-refractivity contribution in [1.29, 1.82) is 0 Å². The van der Waals surface area contributed by atoms with Gasteiger partial charge in [-0.2, -0.15) is 0 Å². The van der Waals surface area contributed by atoms with Gasteiger partial charge in [-0.05, 0) is 47.4 Å². The summed E-state index contributed by atoms with van der Waals surface area (Å²) < 4.78 is 5.53. The summed E-state index contributed by atoms with van der Waals surface area (Å²) in [6.07, 6.45) is -0.708. The number of aliphatic carboxylic acids is 1. The summed E-state index contributed by atoms with van der Waals surface area (Å²) in [7, 11) is 1.40. The molecule has 2 amide bonds. The van der Waals surface area contributed by atoms with E-state index in [4.69, 9.17) is 21.4 Å². The predicted molar refractivity (Wildman–Crippen MR) is 129 cm³/mol. The van der Waals surface area contributed by atoms with Crippen LogP contribution in [0.5, 0.6) is 0 Å². The molecule has 7 nitrogen and oxygen atoms in total. The lowest BCUT2D eigenvalue weighted by molar-refractivity contribution is -0.141. The van der Waals surface area contributed by atoms with Gasteiger partial charge in [-0.3, -0.25) is 10.1 Å². The van der Waals surface area contributed by atoms with E-state index < -0.39 is 24.0 Å². The van der Waals surface area contributed by atoms with Gasteiger partial charge in [-0.15, -0.1) is 0 Å². The fourth-order valence-electron chi connectivity index (χ4n) is 4.04. The van der Waals surface area contributed by atoms with Crippen LogP contribution < -0.4 is 5.32 Å². The van der Waals surface area contributed by atoms with Crippen molar-refractivity contribution in [2.45, 2.75) is 18.9 Å². The maximum atomic E-state index is 12.6. The number of carbonyl (C=O) groups is 3. The Labute approximate surface area is 201 Å². The zero-order chi connectivity index (χ0) is 24.4. The Balaban J connectivity index is 1.46. The van der Waals surface area contributed by atoms with Crippen LogP contribution in [0, 0.1) is 0 Å². The molecule has 34 heavy (non-hydrogen) atoms. The highest BCUT2D eigenvalue weighted by Gasteiger charge is 2.29. The van der Waals surface area contributed by atoms with Crippen LogP contribution in [0.25, 0.3) is 11.1 Å². The number of anilines is 1. The number of halogens is 1. The van der Waals surface area contributed by atoms with Crippen LogP contribution in [0.1, 0.15) is 34.3 Å². The Morgan fingerprint density at radius 2 is 1.62 bits per heavy atom. The molecule has 0 aliphatic heterocycles. The third-order valence-corrected chi connectivity index (χ3v) is 6.38. The number of hydrogen-bond acceptors (Lipinski definition) is 4. The van der Waals surface area contributed by atoms with Gasteiger partial charge in [0, 0.05) is 18.5 Å². The average molecular weight is 479 g/mol. The number of carboxylic acid groups (broad SMARTS) is 1. The minimum absolute atomic E-state index is 0.0901. The van der Waals surface area contributed by atoms with Gasteiger partial charge in [-0.25, -0.2) is 9.59 Å². The van der Waals surface area contributed by atoms with Crippen LogP contribution in [0.3, 0.4) is 0 Å². The number of hydrogen-bond donors (Lipinski definition) is 2. The van der Waals surface area contributed by atoms with Crippen LogP contribution >= 0.6 is 11.6 Å². The van der Waals surface area contributed by atoms with Crippen LogP contribution in [0.2, 0.25) is 5.02 Å². The first kappa shape index (κ1) is 23.3. The highest BCUT2D eigenvalue weighted by atomic mass is 35.5. The van der Waals surface area contributed by atoms with E-state index in [-0.39, 0.29) is 28.8 Å². The number of nitrogens with zero attached hydrogens (tertiary/aromatic N) is 1. The molecular formula is C26H23ClN2O5. The van der Waals surface area contributed by atoms with Crippen molar-refractivity contribution in [3.8, 4) is 11.1 Å². The molecule has 0 radical (unpaired) electrons. The first-order valence-electron chi connectivity index (χ1n) is 10.7. The van der Waals surface area contributed by atoms with E-state index in [1.807, 2.05) is 36.4 Å². The second-order valence-electron chi connectivity index (χ2n) is 8.08. The van der Waals surface area contributed by atoms with E-state index >= 15 is 0 Å².